The van der Waals surface area contributed by atoms with Gasteiger partial charge >= 0.3 is 0 Å². The molecule has 0 saturated carbocycles. The Balaban J connectivity index is 2.50. The van der Waals surface area contributed by atoms with Crippen molar-refractivity contribution in [2.24, 2.45) is 0 Å². The van der Waals surface area contributed by atoms with Gasteiger partial charge in [0.25, 0.3) is 0 Å². The number of anilines is 3. The minimum atomic E-state index is 0.519. The number of nitrogen functional groups attached to an aromatic ring is 1. The minimum Gasteiger partial charge on any atom is -0.495 e. The fraction of sp³-hybridized carbons (Fsp3) is 0.133. The van der Waals surface area contributed by atoms with E-state index in [9.17, 15) is 5.26 Å². The summed E-state index contributed by atoms with van der Waals surface area (Å²) in [5.74, 6) is 0.616. The summed E-state index contributed by atoms with van der Waals surface area (Å²) in [4.78, 5) is 0. The third kappa shape index (κ3) is 2.70. The Morgan fingerprint density at radius 2 is 2.10 bits per heavy atom. The molecule has 0 bridgehead atoms. The molecule has 102 valence electrons. The number of methoxy groups -OCH3 is 1. The molecule has 0 atom stereocenters. The Kier molecular flexibility index (Phi) is 4.16. The van der Waals surface area contributed by atoms with E-state index in [2.05, 4.69) is 27.3 Å². The normalized spacial score (nSPS) is 9.90. The van der Waals surface area contributed by atoms with Crippen molar-refractivity contribution >= 4 is 33.0 Å². The molecule has 0 unspecified atom stereocenters. The number of nitriles is 1. The molecule has 0 aromatic heterocycles. The minimum absolute atomic E-state index is 0.519. The number of aryl methyl sites for hydroxylation is 1. The first-order chi connectivity index (χ1) is 9.56. The second kappa shape index (κ2) is 5.85. The maximum atomic E-state index is 9.21. The summed E-state index contributed by atoms with van der Waals surface area (Å²) in [6.45, 7) is 1.93. The molecule has 0 aliphatic carbocycles. The van der Waals surface area contributed by atoms with Gasteiger partial charge in [0.15, 0.2) is 0 Å². The highest BCUT2D eigenvalue weighted by Gasteiger charge is 2.11. The van der Waals surface area contributed by atoms with Crippen LogP contribution in [0.2, 0.25) is 0 Å². The van der Waals surface area contributed by atoms with Gasteiger partial charge in [0.2, 0.25) is 0 Å². The molecule has 2 aromatic carbocycles. The van der Waals surface area contributed by atoms with Crippen molar-refractivity contribution in [3.05, 3.63) is 45.9 Å². The molecule has 0 aliphatic heterocycles. The van der Waals surface area contributed by atoms with Crippen LogP contribution < -0.4 is 15.8 Å². The third-order valence-electron chi connectivity index (χ3n) is 2.98. The molecular formula is C15H14BrN3O. The monoisotopic (exact) mass is 331 g/mol. The summed E-state index contributed by atoms with van der Waals surface area (Å²) in [5.41, 5.74) is 9.52. The van der Waals surface area contributed by atoms with Crippen LogP contribution in [0.4, 0.5) is 17.1 Å². The molecule has 0 heterocycles. The van der Waals surface area contributed by atoms with E-state index >= 15 is 0 Å². The summed E-state index contributed by atoms with van der Waals surface area (Å²) < 4.78 is 6.13. The lowest BCUT2D eigenvalue weighted by molar-refractivity contribution is 0.416. The Hall–Kier alpha value is -2.19. The molecule has 0 fully saturated rings. The SMILES string of the molecule is COc1cccc(C#N)c1Nc1cc(C)c(N)cc1Br. The van der Waals surface area contributed by atoms with E-state index in [-0.39, 0.29) is 0 Å². The average molecular weight is 332 g/mol. The summed E-state index contributed by atoms with van der Waals surface area (Å²) in [5, 5.41) is 12.4. The van der Waals surface area contributed by atoms with Crippen LogP contribution in [0.15, 0.2) is 34.8 Å². The molecular weight excluding hydrogens is 318 g/mol. The largest absolute Gasteiger partial charge is 0.495 e. The number of hydrogen-bond acceptors (Lipinski definition) is 4. The van der Waals surface area contributed by atoms with Gasteiger partial charge in [-0.2, -0.15) is 5.26 Å². The Morgan fingerprint density at radius 3 is 2.75 bits per heavy atom. The number of halogens is 1. The highest BCUT2D eigenvalue weighted by Crippen LogP contribution is 2.35. The second-order valence-electron chi connectivity index (χ2n) is 4.31. The van der Waals surface area contributed by atoms with Crippen LogP contribution in [0.3, 0.4) is 0 Å². The van der Waals surface area contributed by atoms with Gasteiger partial charge in [-0.05, 0) is 52.7 Å². The Labute approximate surface area is 126 Å². The molecule has 0 aliphatic rings. The lowest BCUT2D eigenvalue weighted by Crippen LogP contribution is -2.00. The van der Waals surface area contributed by atoms with Gasteiger partial charge in [-0.1, -0.05) is 6.07 Å². The van der Waals surface area contributed by atoms with Crippen molar-refractivity contribution in [1.82, 2.24) is 0 Å². The van der Waals surface area contributed by atoms with Crippen LogP contribution in [0.25, 0.3) is 0 Å². The first-order valence-electron chi connectivity index (χ1n) is 5.96. The molecule has 2 rings (SSSR count). The van der Waals surface area contributed by atoms with E-state index in [4.69, 9.17) is 10.5 Å². The predicted molar refractivity (Wildman–Crippen MR) is 84.3 cm³/mol. The second-order valence-corrected chi connectivity index (χ2v) is 5.16. The van der Waals surface area contributed by atoms with Gasteiger partial charge in [0, 0.05) is 10.2 Å². The van der Waals surface area contributed by atoms with E-state index in [0.29, 0.717) is 22.7 Å². The summed E-state index contributed by atoms with van der Waals surface area (Å²) >= 11 is 3.47. The van der Waals surface area contributed by atoms with Gasteiger partial charge < -0.3 is 15.8 Å². The van der Waals surface area contributed by atoms with E-state index < -0.39 is 0 Å². The van der Waals surface area contributed by atoms with E-state index in [1.54, 1.807) is 25.3 Å². The van der Waals surface area contributed by atoms with Crippen molar-refractivity contribution in [3.8, 4) is 11.8 Å². The first-order valence-corrected chi connectivity index (χ1v) is 6.76. The quantitative estimate of drug-likeness (QED) is 0.835. The van der Waals surface area contributed by atoms with Crippen molar-refractivity contribution < 1.29 is 4.74 Å². The van der Waals surface area contributed by atoms with Gasteiger partial charge in [-0.25, -0.2) is 0 Å². The third-order valence-corrected chi connectivity index (χ3v) is 3.64. The Bertz CT molecular complexity index is 692. The molecule has 2 aromatic rings. The highest BCUT2D eigenvalue weighted by atomic mass is 79.9. The molecule has 0 amide bonds. The van der Waals surface area contributed by atoms with Gasteiger partial charge in [-0.15, -0.1) is 0 Å². The van der Waals surface area contributed by atoms with Crippen molar-refractivity contribution in [3.63, 3.8) is 0 Å². The van der Waals surface area contributed by atoms with Crippen molar-refractivity contribution in [2.75, 3.05) is 18.2 Å². The lowest BCUT2D eigenvalue weighted by atomic mass is 10.1. The fourth-order valence-electron chi connectivity index (χ4n) is 1.85. The number of nitrogens with one attached hydrogen (secondary N) is 1. The van der Waals surface area contributed by atoms with Crippen LogP contribution in [-0.2, 0) is 0 Å². The molecule has 0 spiro atoms. The standard InChI is InChI=1S/C15H14BrN3O/c1-9-6-13(11(16)7-12(9)18)19-15-10(8-17)4-3-5-14(15)20-2/h3-7,19H,18H2,1-2H3. The number of hydrogen-bond donors (Lipinski definition) is 2. The highest BCUT2D eigenvalue weighted by molar-refractivity contribution is 9.10. The maximum Gasteiger partial charge on any atom is 0.143 e. The summed E-state index contributed by atoms with van der Waals surface area (Å²) in [6.07, 6.45) is 0. The molecule has 20 heavy (non-hydrogen) atoms. The molecule has 4 nitrogen and oxygen atoms in total. The maximum absolute atomic E-state index is 9.21. The summed E-state index contributed by atoms with van der Waals surface area (Å²) in [6, 6.07) is 11.2. The zero-order valence-corrected chi connectivity index (χ0v) is 12.8. The molecule has 3 N–H and O–H groups in total. The van der Waals surface area contributed by atoms with Gasteiger partial charge in [-0.3, -0.25) is 0 Å². The molecule has 0 saturated heterocycles. The Morgan fingerprint density at radius 1 is 1.35 bits per heavy atom. The molecule has 0 radical (unpaired) electrons. The number of nitrogens with two attached hydrogens (primary N) is 1. The van der Waals surface area contributed by atoms with E-state index in [1.165, 1.54) is 0 Å². The van der Waals surface area contributed by atoms with E-state index in [0.717, 1.165) is 15.7 Å². The van der Waals surface area contributed by atoms with E-state index in [1.807, 2.05) is 19.1 Å². The number of rotatable bonds is 3. The van der Waals surface area contributed by atoms with Crippen LogP contribution in [0.5, 0.6) is 5.75 Å². The number of nitrogens with zero attached hydrogens (tertiary/aromatic N) is 1. The number of benzene rings is 2. The van der Waals surface area contributed by atoms with Crippen molar-refractivity contribution in [2.45, 2.75) is 6.92 Å². The smallest absolute Gasteiger partial charge is 0.143 e. The number of ether oxygens (including phenoxy) is 1. The first kappa shape index (κ1) is 14.2. The fourth-order valence-corrected chi connectivity index (χ4v) is 2.31. The zero-order valence-electron chi connectivity index (χ0n) is 11.2. The van der Waals surface area contributed by atoms with Gasteiger partial charge in [0.1, 0.15) is 11.8 Å². The predicted octanol–water partition coefficient (Wildman–Crippen LogP) is 3.96. The number of para-hydroxylation sites is 1. The van der Waals surface area contributed by atoms with Gasteiger partial charge in [0.05, 0.1) is 24.0 Å². The van der Waals surface area contributed by atoms with Crippen LogP contribution in [-0.4, -0.2) is 7.11 Å². The van der Waals surface area contributed by atoms with Crippen LogP contribution >= 0.6 is 15.9 Å². The zero-order chi connectivity index (χ0) is 14.7. The summed E-state index contributed by atoms with van der Waals surface area (Å²) in [7, 11) is 1.57. The van der Waals surface area contributed by atoms with Crippen LogP contribution in [0.1, 0.15) is 11.1 Å². The topological polar surface area (TPSA) is 71.1 Å². The van der Waals surface area contributed by atoms with Crippen molar-refractivity contribution in [1.29, 1.82) is 5.26 Å². The average Bonchev–Trinajstić information content (AvgIpc) is 2.44. The van der Waals surface area contributed by atoms with Crippen LogP contribution in [0, 0.1) is 18.3 Å². The molecule has 5 heteroatoms. The lowest BCUT2D eigenvalue weighted by Gasteiger charge is -2.15.